The van der Waals surface area contributed by atoms with Crippen molar-refractivity contribution in [1.82, 2.24) is 24.1 Å². The van der Waals surface area contributed by atoms with Gasteiger partial charge >= 0.3 is 0 Å². The number of para-hydroxylation sites is 2. The summed E-state index contributed by atoms with van der Waals surface area (Å²) < 4.78 is 4.70. The molecule has 0 saturated heterocycles. The molecule has 0 unspecified atom stereocenters. The van der Waals surface area contributed by atoms with Crippen LogP contribution in [0.2, 0.25) is 0 Å². The smallest absolute Gasteiger partial charge is 0.238 e. The normalized spacial score (nSPS) is 13.0. The lowest BCUT2D eigenvalue weighted by molar-refractivity contribution is 0.661. The number of rotatable bonds is 5. The quantitative estimate of drug-likeness (QED) is 0.174. The van der Waals surface area contributed by atoms with Gasteiger partial charge in [-0.15, -0.1) is 0 Å². The lowest BCUT2D eigenvalue weighted by Crippen LogP contribution is -2.14. The number of aromatic nitrogens is 5. The van der Waals surface area contributed by atoms with E-state index in [0.29, 0.717) is 17.6 Å². The van der Waals surface area contributed by atoms with Crippen LogP contribution in [-0.4, -0.2) is 24.1 Å². The molecule has 5 heteroatoms. The van der Waals surface area contributed by atoms with Crippen LogP contribution in [0.5, 0.6) is 0 Å². The fourth-order valence-electron chi connectivity index (χ4n) is 10.4. The minimum Gasteiger partial charge on any atom is -0.309 e. The van der Waals surface area contributed by atoms with Crippen LogP contribution in [-0.2, 0) is 5.41 Å². The molecule has 0 amide bonds. The molecule has 0 fully saturated rings. The second-order valence-electron chi connectivity index (χ2n) is 17.2. The predicted molar refractivity (Wildman–Crippen MR) is 260 cm³/mol. The molecule has 12 aromatic rings. The molecular formula is C58H39N5. The van der Waals surface area contributed by atoms with E-state index in [-0.39, 0.29) is 5.41 Å². The van der Waals surface area contributed by atoms with Gasteiger partial charge in [0.15, 0.2) is 11.6 Å². The molecule has 13 rings (SSSR count). The van der Waals surface area contributed by atoms with E-state index in [2.05, 4.69) is 187 Å². The van der Waals surface area contributed by atoms with Crippen molar-refractivity contribution in [3.05, 3.63) is 211 Å². The highest BCUT2D eigenvalue weighted by molar-refractivity contribution is 6.25. The highest BCUT2D eigenvalue weighted by Crippen LogP contribution is 2.52. The third kappa shape index (κ3) is 5.26. The molecule has 0 atom stereocenters. The van der Waals surface area contributed by atoms with Gasteiger partial charge in [0.05, 0.1) is 22.1 Å². The Hall–Kier alpha value is -8.15. The molecule has 1 aliphatic carbocycles. The molecule has 0 radical (unpaired) electrons. The van der Waals surface area contributed by atoms with Gasteiger partial charge < -0.3 is 4.57 Å². The van der Waals surface area contributed by atoms with Gasteiger partial charge in [-0.05, 0) is 86.6 Å². The van der Waals surface area contributed by atoms with E-state index < -0.39 is 0 Å². The minimum absolute atomic E-state index is 0.118. The highest BCUT2D eigenvalue weighted by Gasteiger charge is 2.36. The molecule has 3 aromatic heterocycles. The molecule has 0 aliphatic heterocycles. The Balaban J connectivity index is 1.10. The van der Waals surface area contributed by atoms with Gasteiger partial charge in [-0.3, -0.25) is 4.57 Å². The average Bonchev–Trinajstić information content (AvgIpc) is 3.93. The standard InChI is InChI=1S/C58H39N5/c1-58(2)48-28-16-14-25-41(48)46-35-52-47(33-49(46)58)54-44-27-13-12-24-40(44)45(34-53(54)62(52)39-22-10-5-11-23-39)38-30-31-43-42-26-15-17-29-50(42)63(51(43)32-38)57-60-55(36-18-6-3-7-19-36)59-56(61-57)37-20-8-4-9-21-37/h3-35H,1-2H3. The minimum atomic E-state index is -0.118. The van der Waals surface area contributed by atoms with Crippen molar-refractivity contribution >= 4 is 54.4 Å². The third-order valence-electron chi connectivity index (χ3n) is 13.4. The zero-order valence-electron chi connectivity index (χ0n) is 34.8. The van der Waals surface area contributed by atoms with Gasteiger partial charge in [0.1, 0.15) is 0 Å². The summed E-state index contributed by atoms with van der Waals surface area (Å²) in [6, 6.07) is 71.9. The maximum atomic E-state index is 5.22. The first-order valence-corrected chi connectivity index (χ1v) is 21.6. The van der Waals surface area contributed by atoms with Crippen LogP contribution in [0.3, 0.4) is 0 Å². The molecule has 1 aliphatic rings. The van der Waals surface area contributed by atoms with Crippen molar-refractivity contribution in [2.24, 2.45) is 0 Å². The Kier molecular flexibility index (Phi) is 7.58. The van der Waals surface area contributed by atoms with Crippen LogP contribution in [0.1, 0.15) is 25.0 Å². The van der Waals surface area contributed by atoms with Crippen molar-refractivity contribution < 1.29 is 0 Å². The first-order valence-electron chi connectivity index (χ1n) is 21.6. The monoisotopic (exact) mass is 805 g/mol. The SMILES string of the molecule is CC1(C)c2ccccc2-c2cc3c(cc21)c1c2ccccc2c(-c2ccc4c5ccccc5n(-c5nc(-c6ccccc6)nc(-c6ccccc6)n5)c4c2)cc1n3-c1ccccc1. The van der Waals surface area contributed by atoms with Gasteiger partial charge in [-0.1, -0.05) is 172 Å². The lowest BCUT2D eigenvalue weighted by Gasteiger charge is -2.21. The van der Waals surface area contributed by atoms with Crippen LogP contribution >= 0.6 is 0 Å². The van der Waals surface area contributed by atoms with E-state index in [0.717, 1.165) is 44.2 Å². The first-order chi connectivity index (χ1) is 31.0. The number of hydrogen-bond acceptors (Lipinski definition) is 3. The van der Waals surface area contributed by atoms with Crippen LogP contribution in [0.25, 0.3) is 111 Å². The molecule has 0 N–H and O–H groups in total. The van der Waals surface area contributed by atoms with Crippen molar-refractivity contribution in [3.63, 3.8) is 0 Å². The van der Waals surface area contributed by atoms with E-state index in [1.165, 1.54) is 60.4 Å². The van der Waals surface area contributed by atoms with Crippen molar-refractivity contribution in [2.75, 3.05) is 0 Å². The molecule has 296 valence electrons. The fraction of sp³-hybridized carbons (Fsp3) is 0.0517. The molecule has 63 heavy (non-hydrogen) atoms. The number of fused-ring (bicyclic) bond motifs is 11. The van der Waals surface area contributed by atoms with Crippen molar-refractivity contribution in [3.8, 4) is 56.7 Å². The topological polar surface area (TPSA) is 48.5 Å². The van der Waals surface area contributed by atoms with Gasteiger partial charge in [-0.25, -0.2) is 4.98 Å². The first kappa shape index (κ1) is 35.6. The zero-order chi connectivity index (χ0) is 41.8. The third-order valence-corrected chi connectivity index (χ3v) is 13.4. The summed E-state index contributed by atoms with van der Waals surface area (Å²) in [6.07, 6.45) is 0. The summed E-state index contributed by atoms with van der Waals surface area (Å²) in [7, 11) is 0. The Morgan fingerprint density at radius 3 is 1.65 bits per heavy atom. The summed E-state index contributed by atoms with van der Waals surface area (Å²) in [5.41, 5.74) is 15.0. The summed E-state index contributed by atoms with van der Waals surface area (Å²) in [4.78, 5) is 15.5. The number of benzene rings is 9. The average molecular weight is 806 g/mol. The Bertz CT molecular complexity index is 3750. The Morgan fingerprint density at radius 2 is 0.921 bits per heavy atom. The van der Waals surface area contributed by atoms with E-state index >= 15 is 0 Å². The maximum absolute atomic E-state index is 5.22. The summed E-state index contributed by atoms with van der Waals surface area (Å²) in [5.74, 6) is 1.84. The van der Waals surface area contributed by atoms with Gasteiger partial charge in [0.25, 0.3) is 0 Å². The summed E-state index contributed by atoms with van der Waals surface area (Å²) in [6.45, 7) is 4.74. The summed E-state index contributed by atoms with van der Waals surface area (Å²) >= 11 is 0. The van der Waals surface area contributed by atoms with Crippen LogP contribution < -0.4 is 0 Å². The van der Waals surface area contributed by atoms with E-state index in [1.807, 2.05) is 36.4 Å². The van der Waals surface area contributed by atoms with Crippen LogP contribution in [0.15, 0.2) is 200 Å². The van der Waals surface area contributed by atoms with E-state index in [4.69, 9.17) is 15.0 Å². The van der Waals surface area contributed by atoms with Crippen molar-refractivity contribution in [1.29, 1.82) is 0 Å². The van der Waals surface area contributed by atoms with Crippen LogP contribution in [0, 0.1) is 0 Å². The molecule has 0 bridgehead atoms. The second-order valence-corrected chi connectivity index (χ2v) is 17.2. The molecule has 5 nitrogen and oxygen atoms in total. The van der Waals surface area contributed by atoms with E-state index in [1.54, 1.807) is 0 Å². The molecular weight excluding hydrogens is 767 g/mol. The van der Waals surface area contributed by atoms with Gasteiger partial charge in [0.2, 0.25) is 5.95 Å². The number of nitrogens with zero attached hydrogens (tertiary/aromatic N) is 5. The van der Waals surface area contributed by atoms with Crippen molar-refractivity contribution in [2.45, 2.75) is 19.3 Å². The predicted octanol–water partition coefficient (Wildman–Crippen LogP) is 14.5. The van der Waals surface area contributed by atoms with E-state index in [9.17, 15) is 0 Å². The molecule has 3 heterocycles. The lowest BCUT2D eigenvalue weighted by atomic mass is 9.82. The summed E-state index contributed by atoms with van der Waals surface area (Å²) in [5, 5.41) is 7.26. The Labute approximate surface area is 364 Å². The molecule has 0 saturated carbocycles. The highest BCUT2D eigenvalue weighted by atomic mass is 15.2. The molecule has 0 spiro atoms. The van der Waals surface area contributed by atoms with Crippen LogP contribution in [0.4, 0.5) is 0 Å². The zero-order valence-corrected chi connectivity index (χ0v) is 34.8. The Morgan fingerprint density at radius 1 is 0.349 bits per heavy atom. The molecule has 9 aromatic carbocycles. The largest absolute Gasteiger partial charge is 0.309 e. The number of hydrogen-bond donors (Lipinski definition) is 0. The fourth-order valence-corrected chi connectivity index (χ4v) is 10.4. The van der Waals surface area contributed by atoms with Gasteiger partial charge in [0, 0.05) is 43.8 Å². The second kappa shape index (κ2) is 13.4. The van der Waals surface area contributed by atoms with Gasteiger partial charge in [-0.2, -0.15) is 9.97 Å². The maximum Gasteiger partial charge on any atom is 0.238 e.